The minimum atomic E-state index is -0.482. The van der Waals surface area contributed by atoms with Gasteiger partial charge in [-0.1, -0.05) is 17.7 Å². The van der Waals surface area contributed by atoms with Crippen molar-refractivity contribution in [3.63, 3.8) is 0 Å². The molecule has 26 heavy (non-hydrogen) atoms. The predicted octanol–water partition coefficient (Wildman–Crippen LogP) is 1.49. The molecule has 0 bridgehead atoms. The number of anilines is 1. The molecule has 3 rings (SSSR count). The monoisotopic (exact) mass is 377 g/mol. The molecule has 0 unspecified atom stereocenters. The Kier molecular flexibility index (Phi) is 6.61. The third-order valence-electron chi connectivity index (χ3n) is 4.67. The molecule has 0 saturated carbocycles. The molecule has 0 radical (unpaired) electrons. The number of methoxy groups -OCH3 is 1. The van der Waals surface area contributed by atoms with Gasteiger partial charge in [-0.25, -0.2) is 0 Å². The molecule has 1 atom stereocenters. The quantitative estimate of drug-likeness (QED) is 0.767. The standard InChI is InChI=1S/C20H25ClN2O3/c1-25-19-5-7-20(8-6-19)26-15-18(24)14-22-9-11-23(12-10-22)17-4-2-3-16(21)13-17/h2-8,13,18,24H,9-12,14-15H2,1H3/p+1/t18-/m1/s1. The number of nitrogens with zero attached hydrogens (tertiary/aromatic N) is 1. The van der Waals surface area contributed by atoms with E-state index in [-0.39, 0.29) is 0 Å². The third-order valence-corrected chi connectivity index (χ3v) is 4.91. The Bertz CT molecular complexity index is 688. The van der Waals surface area contributed by atoms with Crippen molar-refractivity contribution in [2.45, 2.75) is 6.10 Å². The normalized spacial score (nSPS) is 16.3. The molecule has 0 aliphatic carbocycles. The van der Waals surface area contributed by atoms with Crippen LogP contribution >= 0.6 is 11.6 Å². The van der Waals surface area contributed by atoms with Gasteiger partial charge >= 0.3 is 0 Å². The molecule has 140 valence electrons. The van der Waals surface area contributed by atoms with Gasteiger partial charge in [-0.2, -0.15) is 0 Å². The topological polar surface area (TPSA) is 46.4 Å². The average Bonchev–Trinajstić information content (AvgIpc) is 2.67. The minimum Gasteiger partial charge on any atom is -0.497 e. The zero-order valence-corrected chi connectivity index (χ0v) is 15.8. The largest absolute Gasteiger partial charge is 0.497 e. The Labute approximate surface area is 159 Å². The second-order valence-electron chi connectivity index (χ2n) is 6.56. The number of nitrogens with one attached hydrogen (secondary N) is 1. The molecule has 1 aliphatic heterocycles. The number of piperazine rings is 1. The van der Waals surface area contributed by atoms with Crippen molar-refractivity contribution < 1.29 is 19.5 Å². The van der Waals surface area contributed by atoms with Crippen LogP contribution in [0.5, 0.6) is 11.5 Å². The number of aliphatic hydroxyl groups is 1. The summed E-state index contributed by atoms with van der Waals surface area (Å²) < 4.78 is 10.8. The number of aliphatic hydroxyl groups excluding tert-OH is 1. The van der Waals surface area contributed by atoms with Gasteiger partial charge in [0.25, 0.3) is 0 Å². The molecule has 2 N–H and O–H groups in total. The summed E-state index contributed by atoms with van der Waals surface area (Å²) >= 11 is 6.08. The minimum absolute atomic E-state index is 0.299. The smallest absolute Gasteiger partial charge is 0.137 e. The van der Waals surface area contributed by atoms with Crippen LogP contribution in [0, 0.1) is 0 Å². The summed E-state index contributed by atoms with van der Waals surface area (Å²) in [7, 11) is 1.63. The summed E-state index contributed by atoms with van der Waals surface area (Å²) in [6.07, 6.45) is -0.482. The van der Waals surface area contributed by atoms with Crippen LogP contribution in [0.25, 0.3) is 0 Å². The maximum atomic E-state index is 10.3. The number of hydrogen-bond acceptors (Lipinski definition) is 4. The number of halogens is 1. The van der Waals surface area contributed by atoms with Crippen LogP contribution < -0.4 is 19.3 Å². The lowest BCUT2D eigenvalue weighted by atomic mass is 10.2. The Balaban J connectivity index is 1.40. The van der Waals surface area contributed by atoms with E-state index in [0.29, 0.717) is 13.2 Å². The zero-order valence-electron chi connectivity index (χ0n) is 15.0. The van der Waals surface area contributed by atoms with Gasteiger partial charge in [0.15, 0.2) is 0 Å². The number of rotatable bonds is 7. The number of benzene rings is 2. The van der Waals surface area contributed by atoms with Crippen LogP contribution in [0.2, 0.25) is 5.02 Å². The molecule has 5 nitrogen and oxygen atoms in total. The fraction of sp³-hybridized carbons (Fsp3) is 0.400. The van der Waals surface area contributed by atoms with E-state index >= 15 is 0 Å². The maximum Gasteiger partial charge on any atom is 0.137 e. The molecule has 1 fully saturated rings. The van der Waals surface area contributed by atoms with E-state index in [1.807, 2.05) is 42.5 Å². The summed E-state index contributed by atoms with van der Waals surface area (Å²) in [6.45, 7) is 4.90. The molecule has 0 amide bonds. The SMILES string of the molecule is COc1ccc(OC[C@H](O)C[NH+]2CCN(c3cccc(Cl)c3)CC2)cc1. The summed E-state index contributed by atoms with van der Waals surface area (Å²) in [5.74, 6) is 1.53. The second-order valence-corrected chi connectivity index (χ2v) is 7.00. The lowest BCUT2D eigenvalue weighted by Crippen LogP contribution is -3.16. The van der Waals surface area contributed by atoms with E-state index < -0.39 is 6.10 Å². The third kappa shape index (κ3) is 5.27. The van der Waals surface area contributed by atoms with Crippen LogP contribution in [0.1, 0.15) is 0 Å². The fourth-order valence-electron chi connectivity index (χ4n) is 3.21. The van der Waals surface area contributed by atoms with Gasteiger partial charge in [0.1, 0.15) is 30.8 Å². The van der Waals surface area contributed by atoms with E-state index in [9.17, 15) is 5.11 Å². The van der Waals surface area contributed by atoms with E-state index in [1.54, 1.807) is 7.11 Å². The number of quaternary nitrogens is 1. The van der Waals surface area contributed by atoms with Crippen molar-refractivity contribution in [1.29, 1.82) is 0 Å². The lowest BCUT2D eigenvalue weighted by molar-refractivity contribution is -0.903. The van der Waals surface area contributed by atoms with Gasteiger partial charge in [0, 0.05) is 10.7 Å². The first-order chi connectivity index (χ1) is 12.6. The summed E-state index contributed by atoms with van der Waals surface area (Å²) in [5, 5.41) is 11.0. The zero-order chi connectivity index (χ0) is 18.4. The van der Waals surface area contributed by atoms with Crippen LogP contribution in [0.3, 0.4) is 0 Å². The van der Waals surface area contributed by atoms with Crippen LogP contribution in [-0.4, -0.2) is 57.7 Å². The second kappa shape index (κ2) is 9.12. The first-order valence-electron chi connectivity index (χ1n) is 8.93. The van der Waals surface area contributed by atoms with Gasteiger partial charge in [0.2, 0.25) is 0 Å². The Morgan fingerprint density at radius 1 is 1.12 bits per heavy atom. The highest BCUT2D eigenvalue weighted by Gasteiger charge is 2.23. The summed E-state index contributed by atoms with van der Waals surface area (Å²) in [4.78, 5) is 3.74. The Morgan fingerprint density at radius 2 is 1.81 bits per heavy atom. The highest BCUT2D eigenvalue weighted by atomic mass is 35.5. The van der Waals surface area contributed by atoms with E-state index in [2.05, 4.69) is 11.0 Å². The number of hydrogen-bond donors (Lipinski definition) is 2. The Morgan fingerprint density at radius 3 is 2.46 bits per heavy atom. The first-order valence-corrected chi connectivity index (χ1v) is 9.31. The molecule has 0 aromatic heterocycles. The molecule has 1 aliphatic rings. The molecule has 6 heteroatoms. The summed E-state index contributed by atoms with van der Waals surface area (Å²) in [5.41, 5.74) is 1.17. The van der Waals surface area contributed by atoms with E-state index in [4.69, 9.17) is 21.1 Å². The van der Waals surface area contributed by atoms with Gasteiger partial charge < -0.3 is 24.4 Å². The van der Waals surface area contributed by atoms with Crippen molar-refractivity contribution in [2.24, 2.45) is 0 Å². The van der Waals surface area contributed by atoms with Crippen LogP contribution in [0.4, 0.5) is 5.69 Å². The molecule has 0 spiro atoms. The molecule has 1 saturated heterocycles. The fourth-order valence-corrected chi connectivity index (χ4v) is 3.40. The molecule has 2 aromatic rings. The molecule has 1 heterocycles. The lowest BCUT2D eigenvalue weighted by Gasteiger charge is -2.34. The van der Waals surface area contributed by atoms with Crippen LogP contribution in [-0.2, 0) is 0 Å². The Hall–Kier alpha value is -1.95. The van der Waals surface area contributed by atoms with Crippen molar-refractivity contribution >= 4 is 17.3 Å². The highest BCUT2D eigenvalue weighted by Crippen LogP contribution is 2.19. The first kappa shape index (κ1) is 18.8. The van der Waals surface area contributed by atoms with Crippen molar-refractivity contribution in [1.82, 2.24) is 0 Å². The van der Waals surface area contributed by atoms with Crippen molar-refractivity contribution in [3.05, 3.63) is 53.6 Å². The van der Waals surface area contributed by atoms with Gasteiger partial charge in [-0.15, -0.1) is 0 Å². The van der Waals surface area contributed by atoms with Gasteiger partial charge in [0.05, 0.1) is 33.3 Å². The number of ether oxygens (including phenoxy) is 2. The van der Waals surface area contributed by atoms with Gasteiger partial charge in [-0.05, 0) is 42.5 Å². The van der Waals surface area contributed by atoms with Crippen molar-refractivity contribution in [2.75, 3.05) is 51.3 Å². The van der Waals surface area contributed by atoms with E-state index in [1.165, 1.54) is 10.6 Å². The highest BCUT2D eigenvalue weighted by molar-refractivity contribution is 6.30. The molecular weight excluding hydrogens is 352 g/mol. The van der Waals surface area contributed by atoms with Crippen LogP contribution in [0.15, 0.2) is 48.5 Å². The molecule has 2 aromatic carbocycles. The van der Waals surface area contributed by atoms with Crippen molar-refractivity contribution in [3.8, 4) is 11.5 Å². The molecular formula is C20H26ClN2O3+. The maximum absolute atomic E-state index is 10.3. The van der Waals surface area contributed by atoms with E-state index in [0.717, 1.165) is 42.7 Å². The predicted molar refractivity (Wildman–Crippen MR) is 104 cm³/mol. The summed E-state index contributed by atoms with van der Waals surface area (Å²) in [6, 6.07) is 15.4. The van der Waals surface area contributed by atoms with Gasteiger partial charge in [-0.3, -0.25) is 0 Å². The average molecular weight is 378 g/mol.